The number of rotatable bonds is 3. The monoisotopic (exact) mass is 238 g/mol. The van der Waals surface area contributed by atoms with E-state index in [1.54, 1.807) is 11.3 Å². The van der Waals surface area contributed by atoms with Crippen LogP contribution in [0.3, 0.4) is 0 Å². The number of hydrogen-bond donors (Lipinski definition) is 0. The van der Waals surface area contributed by atoms with Crippen molar-refractivity contribution >= 4 is 22.3 Å². The lowest BCUT2D eigenvalue weighted by molar-refractivity contribution is -0.142. The molecular formula is C11H14N2O2S. The number of imidazole rings is 1. The Bertz CT molecular complexity index is 527. The van der Waals surface area contributed by atoms with Gasteiger partial charge in [-0.15, -0.1) is 11.3 Å². The van der Waals surface area contributed by atoms with E-state index in [2.05, 4.69) is 4.98 Å². The first-order valence-corrected chi connectivity index (χ1v) is 6.09. The predicted molar refractivity (Wildman–Crippen MR) is 62.9 cm³/mol. The minimum absolute atomic E-state index is 0.187. The molecule has 0 aliphatic heterocycles. The molecule has 0 aliphatic rings. The number of esters is 1. The summed E-state index contributed by atoms with van der Waals surface area (Å²) in [6.07, 6.45) is 0.310. The zero-order chi connectivity index (χ0) is 11.7. The third kappa shape index (κ3) is 1.82. The van der Waals surface area contributed by atoms with Crippen molar-refractivity contribution < 1.29 is 9.53 Å². The van der Waals surface area contributed by atoms with Gasteiger partial charge in [0.15, 0.2) is 4.96 Å². The SMILES string of the molecule is CCOC(=O)Cc1csc2nc(C)c(C)n12. The fourth-order valence-electron chi connectivity index (χ4n) is 1.65. The van der Waals surface area contributed by atoms with E-state index in [1.807, 2.05) is 30.6 Å². The summed E-state index contributed by atoms with van der Waals surface area (Å²) in [4.78, 5) is 16.8. The standard InChI is InChI=1S/C11H14N2O2S/c1-4-15-10(14)5-9-6-16-11-12-7(2)8(3)13(9)11/h6H,4-5H2,1-3H3. The van der Waals surface area contributed by atoms with Crippen molar-refractivity contribution in [2.24, 2.45) is 0 Å². The highest BCUT2D eigenvalue weighted by Gasteiger charge is 2.13. The number of aromatic nitrogens is 2. The van der Waals surface area contributed by atoms with E-state index >= 15 is 0 Å². The predicted octanol–water partition coefficient (Wildman–Crippen LogP) is 2.12. The second kappa shape index (κ2) is 4.25. The fraction of sp³-hybridized carbons (Fsp3) is 0.455. The molecule has 0 aliphatic carbocycles. The van der Waals surface area contributed by atoms with E-state index in [9.17, 15) is 4.79 Å². The van der Waals surface area contributed by atoms with E-state index in [4.69, 9.17) is 4.74 Å². The normalized spacial score (nSPS) is 10.9. The lowest BCUT2D eigenvalue weighted by Crippen LogP contribution is -2.09. The van der Waals surface area contributed by atoms with Gasteiger partial charge in [-0.3, -0.25) is 9.20 Å². The van der Waals surface area contributed by atoms with Gasteiger partial charge in [0.1, 0.15) is 0 Å². The van der Waals surface area contributed by atoms with Crippen molar-refractivity contribution in [1.29, 1.82) is 0 Å². The van der Waals surface area contributed by atoms with Gasteiger partial charge >= 0.3 is 5.97 Å². The van der Waals surface area contributed by atoms with Crippen molar-refractivity contribution in [3.63, 3.8) is 0 Å². The molecule has 0 aromatic carbocycles. The summed E-state index contributed by atoms with van der Waals surface area (Å²) in [6.45, 7) is 6.22. The first-order valence-electron chi connectivity index (χ1n) is 5.21. The van der Waals surface area contributed by atoms with Gasteiger partial charge in [-0.05, 0) is 20.8 Å². The Morgan fingerprint density at radius 3 is 3.00 bits per heavy atom. The summed E-state index contributed by atoms with van der Waals surface area (Å²) in [5.74, 6) is -0.187. The zero-order valence-corrected chi connectivity index (χ0v) is 10.4. The van der Waals surface area contributed by atoms with Crippen LogP contribution in [0.25, 0.3) is 4.96 Å². The largest absolute Gasteiger partial charge is 0.466 e. The number of aryl methyl sites for hydroxylation is 2. The van der Waals surface area contributed by atoms with Crippen LogP contribution < -0.4 is 0 Å². The van der Waals surface area contributed by atoms with E-state index in [1.165, 1.54) is 0 Å². The molecule has 86 valence electrons. The molecule has 2 aromatic rings. The van der Waals surface area contributed by atoms with Gasteiger partial charge in [-0.1, -0.05) is 0 Å². The molecule has 0 amide bonds. The van der Waals surface area contributed by atoms with E-state index in [0.717, 1.165) is 22.0 Å². The van der Waals surface area contributed by atoms with Crippen molar-refractivity contribution in [2.75, 3.05) is 6.61 Å². The van der Waals surface area contributed by atoms with Crippen LogP contribution in [0, 0.1) is 13.8 Å². The summed E-state index contributed by atoms with van der Waals surface area (Å²) in [5, 5.41) is 1.96. The van der Waals surface area contributed by atoms with Gasteiger partial charge in [-0.2, -0.15) is 0 Å². The molecule has 4 nitrogen and oxygen atoms in total. The summed E-state index contributed by atoms with van der Waals surface area (Å²) in [5.41, 5.74) is 3.06. The number of hydrogen-bond acceptors (Lipinski definition) is 4. The Balaban J connectivity index is 2.34. The van der Waals surface area contributed by atoms with Crippen LogP contribution in [0.15, 0.2) is 5.38 Å². The summed E-state index contributed by atoms with van der Waals surface area (Å²) in [6, 6.07) is 0. The van der Waals surface area contributed by atoms with Gasteiger partial charge in [0, 0.05) is 16.8 Å². The number of carbonyl (C=O) groups excluding carboxylic acids is 1. The van der Waals surface area contributed by atoms with Gasteiger partial charge in [0.25, 0.3) is 0 Å². The number of carbonyl (C=O) groups is 1. The van der Waals surface area contributed by atoms with Crippen molar-refractivity contribution in [3.05, 3.63) is 22.5 Å². The Morgan fingerprint density at radius 2 is 2.31 bits per heavy atom. The van der Waals surface area contributed by atoms with Crippen LogP contribution in [0.5, 0.6) is 0 Å². The quantitative estimate of drug-likeness (QED) is 0.769. The molecule has 2 rings (SSSR count). The Hall–Kier alpha value is -1.36. The number of ether oxygens (including phenoxy) is 1. The van der Waals surface area contributed by atoms with Crippen LogP contribution in [-0.2, 0) is 16.0 Å². The topological polar surface area (TPSA) is 43.6 Å². The molecule has 0 saturated heterocycles. The highest BCUT2D eigenvalue weighted by atomic mass is 32.1. The van der Waals surface area contributed by atoms with E-state index < -0.39 is 0 Å². The van der Waals surface area contributed by atoms with E-state index in [0.29, 0.717) is 13.0 Å². The second-order valence-corrected chi connectivity index (χ2v) is 4.45. The number of thiazole rings is 1. The molecule has 0 atom stereocenters. The molecule has 0 fully saturated rings. The maximum atomic E-state index is 11.4. The van der Waals surface area contributed by atoms with Crippen molar-refractivity contribution in [3.8, 4) is 0 Å². The van der Waals surface area contributed by atoms with Gasteiger partial charge in [0.05, 0.1) is 18.7 Å². The zero-order valence-electron chi connectivity index (χ0n) is 9.61. The highest BCUT2D eigenvalue weighted by molar-refractivity contribution is 7.15. The molecule has 0 spiro atoms. The minimum Gasteiger partial charge on any atom is -0.466 e. The van der Waals surface area contributed by atoms with Crippen LogP contribution in [0.4, 0.5) is 0 Å². The van der Waals surface area contributed by atoms with Crippen LogP contribution in [0.1, 0.15) is 24.0 Å². The fourth-order valence-corrected chi connectivity index (χ4v) is 2.63. The third-order valence-electron chi connectivity index (χ3n) is 2.53. The molecule has 0 radical (unpaired) electrons. The number of fused-ring (bicyclic) bond motifs is 1. The molecular weight excluding hydrogens is 224 g/mol. The van der Waals surface area contributed by atoms with Crippen LogP contribution >= 0.6 is 11.3 Å². The second-order valence-electron chi connectivity index (χ2n) is 3.61. The molecule has 2 aromatic heterocycles. The minimum atomic E-state index is -0.187. The average Bonchev–Trinajstić information content (AvgIpc) is 2.71. The molecule has 0 unspecified atom stereocenters. The van der Waals surface area contributed by atoms with Gasteiger partial charge < -0.3 is 4.74 Å². The molecule has 5 heteroatoms. The summed E-state index contributed by atoms with van der Waals surface area (Å²) in [7, 11) is 0. The third-order valence-corrected chi connectivity index (χ3v) is 3.41. The maximum absolute atomic E-state index is 11.4. The smallest absolute Gasteiger partial charge is 0.311 e. The summed E-state index contributed by atoms with van der Waals surface area (Å²) < 4.78 is 6.97. The number of nitrogens with zero attached hydrogens (tertiary/aromatic N) is 2. The molecule has 0 bridgehead atoms. The van der Waals surface area contributed by atoms with Crippen LogP contribution in [-0.4, -0.2) is 22.0 Å². The molecule has 16 heavy (non-hydrogen) atoms. The highest BCUT2D eigenvalue weighted by Crippen LogP contribution is 2.20. The maximum Gasteiger partial charge on any atom is 0.311 e. The summed E-state index contributed by atoms with van der Waals surface area (Å²) >= 11 is 1.55. The van der Waals surface area contributed by atoms with Crippen molar-refractivity contribution in [1.82, 2.24) is 9.38 Å². The average molecular weight is 238 g/mol. The first-order chi connectivity index (χ1) is 7.63. The Morgan fingerprint density at radius 1 is 1.56 bits per heavy atom. The lowest BCUT2D eigenvalue weighted by Gasteiger charge is -2.02. The van der Waals surface area contributed by atoms with Gasteiger partial charge in [0.2, 0.25) is 0 Å². The Labute approximate surface area is 97.9 Å². The van der Waals surface area contributed by atoms with E-state index in [-0.39, 0.29) is 5.97 Å². The molecule has 2 heterocycles. The Kier molecular flexibility index (Phi) is 2.96. The molecule has 0 N–H and O–H groups in total. The first kappa shape index (κ1) is 11.1. The van der Waals surface area contributed by atoms with Crippen molar-refractivity contribution in [2.45, 2.75) is 27.2 Å². The van der Waals surface area contributed by atoms with Gasteiger partial charge in [-0.25, -0.2) is 4.98 Å². The van der Waals surface area contributed by atoms with Crippen LogP contribution in [0.2, 0.25) is 0 Å². The lowest BCUT2D eigenvalue weighted by atomic mass is 10.3. The molecule has 0 saturated carbocycles.